The van der Waals surface area contributed by atoms with Crippen LogP contribution in [0.15, 0.2) is 31.8 Å². The molecule has 0 radical (unpaired) electrons. The lowest BCUT2D eigenvalue weighted by molar-refractivity contribution is 0.627. The number of benzene rings is 1. The summed E-state index contributed by atoms with van der Waals surface area (Å²) in [6.45, 7) is 0. The van der Waals surface area contributed by atoms with Crippen molar-refractivity contribution in [3.8, 4) is 0 Å². The van der Waals surface area contributed by atoms with E-state index >= 15 is 0 Å². The Labute approximate surface area is 133 Å². The van der Waals surface area contributed by atoms with E-state index in [1.165, 1.54) is 6.07 Å². The van der Waals surface area contributed by atoms with Crippen LogP contribution in [0.3, 0.4) is 0 Å². The Morgan fingerprint density at radius 3 is 2.47 bits per heavy atom. The monoisotopic (exact) mass is 460 g/mol. The minimum absolute atomic E-state index is 0.0162. The number of alkyl halides is 1. The Kier molecular flexibility index (Phi) is 4.69. The molecule has 0 saturated heterocycles. The van der Waals surface area contributed by atoms with Crippen LogP contribution in [0.4, 0.5) is 4.39 Å². The van der Waals surface area contributed by atoms with E-state index in [2.05, 4.69) is 47.8 Å². The summed E-state index contributed by atoms with van der Waals surface area (Å²) in [6, 6.07) is 6.75. The molecule has 90 valence electrons. The topological polar surface area (TPSA) is 0 Å². The molecule has 0 amide bonds. The van der Waals surface area contributed by atoms with Gasteiger partial charge in [-0.3, -0.25) is 0 Å². The lowest BCUT2D eigenvalue weighted by Crippen LogP contribution is -1.92. The number of hydrogen-bond donors (Lipinski definition) is 0. The summed E-state index contributed by atoms with van der Waals surface area (Å²) in [5.41, 5.74) is 2.01. The Morgan fingerprint density at radius 2 is 1.94 bits per heavy atom. The molecular formula is C11H5Br3ClFS. The van der Waals surface area contributed by atoms with E-state index in [0.29, 0.717) is 0 Å². The van der Waals surface area contributed by atoms with Gasteiger partial charge in [0.05, 0.1) is 17.4 Å². The minimum Gasteiger partial charge on any atom is -0.205 e. The molecule has 0 fully saturated rings. The van der Waals surface area contributed by atoms with Gasteiger partial charge in [0.2, 0.25) is 0 Å². The van der Waals surface area contributed by atoms with Crippen molar-refractivity contribution in [2.75, 3.05) is 0 Å². The summed E-state index contributed by atoms with van der Waals surface area (Å²) in [5.74, 6) is -0.402. The van der Waals surface area contributed by atoms with Crippen molar-refractivity contribution < 1.29 is 4.39 Å². The average Bonchev–Trinajstić information content (AvgIpc) is 2.61. The molecule has 1 atom stereocenters. The SMILES string of the molecule is Fc1ccc(C(Br)c2cc(Br)sc2Br)cc1Cl. The van der Waals surface area contributed by atoms with E-state index in [0.717, 1.165) is 18.7 Å². The molecule has 0 bridgehead atoms. The van der Waals surface area contributed by atoms with Gasteiger partial charge in [0.15, 0.2) is 0 Å². The van der Waals surface area contributed by atoms with Crippen molar-refractivity contribution in [1.82, 2.24) is 0 Å². The van der Waals surface area contributed by atoms with E-state index in [9.17, 15) is 4.39 Å². The Hall–Kier alpha value is 0.580. The van der Waals surface area contributed by atoms with Crippen LogP contribution in [0.2, 0.25) is 5.02 Å². The standard InChI is InChI=1S/C11H5Br3ClFS/c12-9-4-6(11(14)17-9)10(13)5-1-2-8(16)7(15)3-5/h1-4,10H. The van der Waals surface area contributed by atoms with Crippen molar-refractivity contribution in [2.45, 2.75) is 4.83 Å². The third-order valence-corrected chi connectivity index (χ3v) is 5.89. The van der Waals surface area contributed by atoms with E-state index < -0.39 is 5.82 Å². The van der Waals surface area contributed by atoms with Crippen LogP contribution in [0, 0.1) is 5.82 Å². The van der Waals surface area contributed by atoms with Gasteiger partial charge in [-0.2, -0.15) is 0 Å². The van der Waals surface area contributed by atoms with Crippen LogP contribution in [-0.2, 0) is 0 Å². The minimum atomic E-state index is -0.402. The first kappa shape index (κ1) is 14.0. The second-order valence-corrected chi connectivity index (χ2v) is 8.39. The van der Waals surface area contributed by atoms with Crippen molar-refractivity contribution >= 4 is 70.7 Å². The van der Waals surface area contributed by atoms with Crippen molar-refractivity contribution in [2.24, 2.45) is 0 Å². The molecular weight excluding hydrogens is 458 g/mol. The first-order valence-electron chi connectivity index (χ1n) is 4.53. The van der Waals surface area contributed by atoms with Crippen LogP contribution in [0.5, 0.6) is 0 Å². The number of rotatable bonds is 2. The fourth-order valence-electron chi connectivity index (χ4n) is 1.38. The Balaban J connectivity index is 2.40. The van der Waals surface area contributed by atoms with Crippen LogP contribution >= 0.6 is 70.7 Å². The van der Waals surface area contributed by atoms with Crippen molar-refractivity contribution in [3.63, 3.8) is 0 Å². The highest BCUT2D eigenvalue weighted by Crippen LogP contribution is 2.42. The average molecular weight is 463 g/mol. The van der Waals surface area contributed by atoms with Gasteiger partial charge in [-0.1, -0.05) is 33.6 Å². The van der Waals surface area contributed by atoms with Crippen LogP contribution in [0.25, 0.3) is 0 Å². The predicted octanol–water partition coefficient (Wildman–Crippen LogP) is 6.55. The van der Waals surface area contributed by atoms with Crippen molar-refractivity contribution in [3.05, 3.63) is 53.8 Å². The smallest absolute Gasteiger partial charge is 0.141 e. The normalized spacial score (nSPS) is 12.8. The molecule has 6 heteroatoms. The third kappa shape index (κ3) is 3.13. The maximum atomic E-state index is 13.1. The Bertz CT molecular complexity index is 556. The molecule has 0 aliphatic rings. The van der Waals surface area contributed by atoms with E-state index in [-0.39, 0.29) is 9.85 Å². The zero-order valence-corrected chi connectivity index (χ0v) is 14.5. The Morgan fingerprint density at radius 1 is 1.24 bits per heavy atom. The highest BCUT2D eigenvalue weighted by Gasteiger charge is 2.17. The fourth-order valence-corrected chi connectivity index (χ4v) is 5.57. The fraction of sp³-hybridized carbons (Fsp3) is 0.0909. The maximum Gasteiger partial charge on any atom is 0.141 e. The van der Waals surface area contributed by atoms with Gasteiger partial charge in [-0.15, -0.1) is 11.3 Å². The highest BCUT2D eigenvalue weighted by atomic mass is 79.9. The lowest BCUT2D eigenvalue weighted by Gasteiger charge is -2.10. The molecule has 0 saturated carbocycles. The van der Waals surface area contributed by atoms with Gasteiger partial charge >= 0.3 is 0 Å². The van der Waals surface area contributed by atoms with Crippen molar-refractivity contribution in [1.29, 1.82) is 0 Å². The molecule has 2 rings (SSSR count). The number of hydrogen-bond acceptors (Lipinski definition) is 1. The molecule has 1 heterocycles. The highest BCUT2D eigenvalue weighted by molar-refractivity contribution is 9.12. The van der Waals surface area contributed by atoms with Gasteiger partial charge in [0.1, 0.15) is 5.82 Å². The van der Waals surface area contributed by atoms with Gasteiger partial charge in [0, 0.05) is 0 Å². The second kappa shape index (κ2) is 5.70. The molecule has 0 spiro atoms. The zero-order chi connectivity index (χ0) is 12.6. The summed E-state index contributed by atoms with van der Waals surface area (Å²) >= 11 is 17.9. The lowest BCUT2D eigenvalue weighted by atomic mass is 10.1. The molecule has 0 aliphatic carbocycles. The summed E-state index contributed by atoms with van der Waals surface area (Å²) in [6.07, 6.45) is 0. The van der Waals surface area contributed by atoms with Gasteiger partial charge in [-0.25, -0.2) is 4.39 Å². The van der Waals surface area contributed by atoms with Gasteiger partial charge in [-0.05, 0) is 61.2 Å². The van der Waals surface area contributed by atoms with E-state index in [1.807, 2.05) is 6.07 Å². The molecule has 1 aromatic carbocycles. The summed E-state index contributed by atoms with van der Waals surface area (Å²) in [4.78, 5) is -0.0162. The first-order valence-corrected chi connectivity index (χ1v) is 8.22. The maximum absolute atomic E-state index is 13.1. The molecule has 17 heavy (non-hydrogen) atoms. The summed E-state index contributed by atoms with van der Waals surface area (Å²) < 4.78 is 15.2. The quantitative estimate of drug-likeness (QED) is 0.443. The largest absolute Gasteiger partial charge is 0.205 e. The molecule has 0 aliphatic heterocycles. The van der Waals surface area contributed by atoms with E-state index in [1.54, 1.807) is 23.5 Å². The van der Waals surface area contributed by atoms with E-state index in [4.69, 9.17) is 11.6 Å². The van der Waals surface area contributed by atoms with Gasteiger partial charge < -0.3 is 0 Å². The zero-order valence-electron chi connectivity index (χ0n) is 8.18. The molecule has 0 nitrogen and oxygen atoms in total. The predicted molar refractivity (Wildman–Crippen MR) is 81.9 cm³/mol. The summed E-state index contributed by atoms with van der Waals surface area (Å²) in [5, 5.41) is 0.136. The third-order valence-electron chi connectivity index (χ3n) is 2.19. The molecule has 1 unspecified atom stereocenters. The van der Waals surface area contributed by atoms with Crippen LogP contribution < -0.4 is 0 Å². The first-order chi connectivity index (χ1) is 7.99. The van der Waals surface area contributed by atoms with Gasteiger partial charge in [0.25, 0.3) is 0 Å². The summed E-state index contributed by atoms with van der Waals surface area (Å²) in [7, 11) is 0. The van der Waals surface area contributed by atoms with Crippen LogP contribution in [-0.4, -0.2) is 0 Å². The number of halogens is 5. The molecule has 0 N–H and O–H groups in total. The number of thiophene rings is 1. The second-order valence-electron chi connectivity index (χ2n) is 3.32. The molecule has 2 aromatic rings. The molecule has 1 aromatic heterocycles. The van der Waals surface area contributed by atoms with Crippen LogP contribution in [0.1, 0.15) is 16.0 Å².